The molecular weight excluding hydrogens is 229 g/mol. The van der Waals surface area contributed by atoms with Gasteiger partial charge in [0.25, 0.3) is 0 Å². The molecule has 0 amide bonds. The van der Waals surface area contributed by atoms with Crippen molar-refractivity contribution in [3.8, 4) is 0 Å². The maximum Gasteiger partial charge on any atom is 0.472 e. The van der Waals surface area contributed by atoms with Crippen LogP contribution < -0.4 is 0 Å². The van der Waals surface area contributed by atoms with E-state index in [0.717, 1.165) is 0 Å². The van der Waals surface area contributed by atoms with Gasteiger partial charge >= 0.3 is 7.82 Å². The number of rotatable bonds is 7. The lowest BCUT2D eigenvalue weighted by molar-refractivity contribution is -0.870. The normalized spacial score (nSPS) is 14.9. The Morgan fingerprint density at radius 1 is 1.12 bits per heavy atom. The van der Waals surface area contributed by atoms with E-state index in [1.165, 1.54) is 0 Å². The first kappa shape index (κ1) is 18.4. The minimum atomic E-state index is -3.81. The van der Waals surface area contributed by atoms with Gasteiger partial charge in [0.05, 0.1) is 27.7 Å². The molecule has 0 heterocycles. The van der Waals surface area contributed by atoms with Gasteiger partial charge in [-0.05, 0) is 6.42 Å². The summed E-state index contributed by atoms with van der Waals surface area (Å²) in [4.78, 5) is 9.15. The summed E-state index contributed by atoms with van der Waals surface area (Å²) in [5.74, 6) is 0. The van der Waals surface area contributed by atoms with Gasteiger partial charge in [0.2, 0.25) is 0 Å². The topological polar surface area (TPSA) is 55.8 Å². The third-order valence-corrected chi connectivity index (χ3v) is 2.49. The van der Waals surface area contributed by atoms with Gasteiger partial charge in [0.1, 0.15) is 13.2 Å². The summed E-state index contributed by atoms with van der Waals surface area (Å²) in [6.07, 6.45) is 0.698. The number of nitrogens with zero attached hydrogens (tertiary/aromatic N) is 1. The summed E-state index contributed by atoms with van der Waals surface area (Å²) in [6, 6.07) is 0. The first-order chi connectivity index (χ1) is 7.27. The lowest BCUT2D eigenvalue weighted by Crippen LogP contribution is -2.37. The lowest BCUT2D eigenvalue weighted by atomic mass is 10.5. The van der Waals surface area contributed by atoms with Crippen LogP contribution in [0, 0.1) is 0 Å². The smallest absolute Gasteiger partial charge is 0.329 e. The van der Waals surface area contributed by atoms with Crippen molar-refractivity contribution in [2.45, 2.75) is 27.2 Å². The van der Waals surface area contributed by atoms with Crippen molar-refractivity contribution in [3.05, 3.63) is 0 Å². The molecule has 6 heteroatoms. The molecule has 0 saturated heterocycles. The molecule has 0 spiro atoms. The summed E-state index contributed by atoms with van der Waals surface area (Å²) in [6.45, 7) is 7.01. The summed E-state index contributed by atoms with van der Waals surface area (Å²) < 4.78 is 21.3. The molecule has 0 aliphatic carbocycles. The fourth-order valence-electron chi connectivity index (χ4n) is 0.674. The van der Waals surface area contributed by atoms with Gasteiger partial charge in [-0.3, -0.25) is 9.05 Å². The van der Waals surface area contributed by atoms with Crippen LogP contribution in [0.3, 0.4) is 0 Å². The first-order valence-electron chi connectivity index (χ1n) is 5.69. The number of quaternary nitrogens is 1. The van der Waals surface area contributed by atoms with Crippen molar-refractivity contribution in [3.63, 3.8) is 0 Å². The van der Waals surface area contributed by atoms with E-state index in [9.17, 15) is 4.57 Å². The Labute approximate surface area is 99.6 Å². The molecule has 0 rings (SSSR count). The third-order valence-electron chi connectivity index (χ3n) is 1.48. The molecule has 0 aromatic heterocycles. The van der Waals surface area contributed by atoms with Crippen LogP contribution in [0.5, 0.6) is 0 Å². The van der Waals surface area contributed by atoms with E-state index in [4.69, 9.17) is 9.42 Å². The Morgan fingerprint density at radius 2 is 1.56 bits per heavy atom. The molecule has 1 atom stereocenters. The van der Waals surface area contributed by atoms with E-state index < -0.39 is 7.82 Å². The van der Waals surface area contributed by atoms with E-state index >= 15 is 0 Å². The number of likely N-dealkylation sites (N-methyl/N-ethyl adjacent to an activating group) is 1. The zero-order valence-corrected chi connectivity index (χ0v) is 12.3. The Morgan fingerprint density at radius 3 is 1.94 bits per heavy atom. The average Bonchev–Trinajstić information content (AvgIpc) is 2.16. The van der Waals surface area contributed by atoms with Crippen LogP contribution in [-0.4, -0.2) is 50.3 Å². The summed E-state index contributed by atoms with van der Waals surface area (Å²) in [7, 11) is 2.15. The fourth-order valence-corrected chi connectivity index (χ4v) is 1.47. The highest BCUT2D eigenvalue weighted by atomic mass is 31.2. The molecule has 1 unspecified atom stereocenters. The average molecular weight is 256 g/mol. The van der Waals surface area contributed by atoms with Crippen molar-refractivity contribution in [1.82, 2.24) is 0 Å². The van der Waals surface area contributed by atoms with E-state index in [0.29, 0.717) is 17.4 Å². The molecule has 0 aliphatic heterocycles. The van der Waals surface area contributed by atoms with Gasteiger partial charge < -0.3 is 9.38 Å². The van der Waals surface area contributed by atoms with Crippen LogP contribution in [0.2, 0.25) is 0 Å². The molecule has 0 aromatic rings. The van der Waals surface area contributed by atoms with Gasteiger partial charge in [-0.2, -0.15) is 0 Å². The molecule has 0 bridgehead atoms. The van der Waals surface area contributed by atoms with Crippen LogP contribution in [0.25, 0.3) is 0 Å². The largest absolute Gasteiger partial charge is 0.472 e. The summed E-state index contributed by atoms with van der Waals surface area (Å²) >= 11 is 0. The second-order valence-electron chi connectivity index (χ2n) is 4.15. The quantitative estimate of drug-likeness (QED) is 0.560. The minimum Gasteiger partial charge on any atom is -0.329 e. The number of phosphoric ester groups is 1. The van der Waals surface area contributed by atoms with E-state index in [1.54, 1.807) is 0 Å². The number of hydrogen-bond acceptors (Lipinski definition) is 3. The Kier molecular flexibility index (Phi) is 10.5. The number of phosphoric acid groups is 1. The highest BCUT2D eigenvalue weighted by Gasteiger charge is 2.21. The molecule has 0 aliphatic rings. The van der Waals surface area contributed by atoms with Crippen LogP contribution in [-0.2, 0) is 13.6 Å². The van der Waals surface area contributed by atoms with Crippen LogP contribution in [0.15, 0.2) is 0 Å². The van der Waals surface area contributed by atoms with Gasteiger partial charge in [0, 0.05) is 0 Å². The van der Waals surface area contributed by atoms with E-state index in [1.807, 2.05) is 41.9 Å². The highest BCUT2D eigenvalue weighted by molar-refractivity contribution is 7.47. The lowest BCUT2D eigenvalue weighted by Gasteiger charge is -2.23. The van der Waals surface area contributed by atoms with Crippen LogP contribution in [0.1, 0.15) is 27.2 Å². The molecular formula is C10H27NO4P+. The molecule has 1 N–H and O–H groups in total. The molecule has 5 nitrogen and oxygen atoms in total. The molecule has 100 valence electrons. The van der Waals surface area contributed by atoms with Crippen molar-refractivity contribution < 1.29 is 23.0 Å². The monoisotopic (exact) mass is 256 g/mol. The van der Waals surface area contributed by atoms with Gasteiger partial charge in [-0.25, -0.2) is 4.57 Å². The fraction of sp³-hybridized carbons (Fsp3) is 1.00. The van der Waals surface area contributed by atoms with E-state index in [-0.39, 0.29) is 13.2 Å². The maximum absolute atomic E-state index is 11.2. The predicted molar refractivity (Wildman–Crippen MR) is 66.3 cm³/mol. The molecule has 0 radical (unpaired) electrons. The van der Waals surface area contributed by atoms with Crippen LogP contribution >= 0.6 is 7.82 Å². The van der Waals surface area contributed by atoms with Crippen molar-refractivity contribution in [1.29, 1.82) is 0 Å². The standard InChI is InChI=1S/C8H20NO4P.C2H6/c1-5-7-12-14(10,11)13-8-6-9(2,3)4;1-2/h5-8H2,1-4H3;1-2H3/p+1. The number of hydrogen-bond donors (Lipinski definition) is 1. The third kappa shape index (κ3) is 14.1. The van der Waals surface area contributed by atoms with Gasteiger partial charge in [-0.1, -0.05) is 20.8 Å². The SMILES string of the molecule is CC.CCCOP(=O)(O)OCC[N+](C)(C)C. The summed E-state index contributed by atoms with van der Waals surface area (Å²) in [5.41, 5.74) is 0. The predicted octanol–water partition coefficient (Wildman–Crippen LogP) is 2.26. The van der Waals surface area contributed by atoms with Crippen molar-refractivity contribution in [2.24, 2.45) is 0 Å². The Balaban J connectivity index is 0. The maximum atomic E-state index is 11.2. The Hall–Kier alpha value is 0.0700. The second kappa shape index (κ2) is 9.14. The van der Waals surface area contributed by atoms with E-state index in [2.05, 4.69) is 4.52 Å². The Bertz CT molecular complexity index is 203. The zero-order chi connectivity index (χ0) is 13.2. The van der Waals surface area contributed by atoms with Crippen molar-refractivity contribution in [2.75, 3.05) is 40.9 Å². The van der Waals surface area contributed by atoms with Crippen molar-refractivity contribution >= 4 is 7.82 Å². The first-order valence-corrected chi connectivity index (χ1v) is 7.19. The minimum absolute atomic E-state index is 0.223. The van der Waals surface area contributed by atoms with Gasteiger partial charge in [-0.15, -0.1) is 0 Å². The molecule has 16 heavy (non-hydrogen) atoms. The zero-order valence-electron chi connectivity index (χ0n) is 11.4. The molecule has 0 aromatic carbocycles. The van der Waals surface area contributed by atoms with Gasteiger partial charge in [0.15, 0.2) is 0 Å². The summed E-state index contributed by atoms with van der Waals surface area (Å²) in [5, 5.41) is 0. The van der Waals surface area contributed by atoms with Crippen LogP contribution in [0.4, 0.5) is 0 Å². The molecule has 0 fully saturated rings. The second-order valence-corrected chi connectivity index (χ2v) is 5.60. The molecule has 0 saturated carbocycles. The highest BCUT2D eigenvalue weighted by Crippen LogP contribution is 2.42.